The number of hydrogen-bond donors (Lipinski definition) is 1. The molecule has 0 heterocycles. The fourth-order valence-electron chi connectivity index (χ4n) is 2.75. The lowest BCUT2D eigenvalue weighted by atomic mass is 9.79. The minimum Gasteiger partial charge on any atom is -0.496 e. The summed E-state index contributed by atoms with van der Waals surface area (Å²) < 4.78 is 18.5. The van der Waals surface area contributed by atoms with Gasteiger partial charge in [0.15, 0.2) is 0 Å². The summed E-state index contributed by atoms with van der Waals surface area (Å²) in [6.45, 7) is 2.06. The third kappa shape index (κ3) is 2.29. The van der Waals surface area contributed by atoms with Crippen LogP contribution >= 0.6 is 0 Å². The molecule has 1 saturated carbocycles. The van der Waals surface area contributed by atoms with Crippen molar-refractivity contribution in [2.75, 3.05) is 7.11 Å². The summed E-state index contributed by atoms with van der Waals surface area (Å²) in [7, 11) is 1.54. The van der Waals surface area contributed by atoms with Gasteiger partial charge >= 0.3 is 0 Å². The van der Waals surface area contributed by atoms with Crippen LogP contribution in [0.4, 0.5) is 4.39 Å². The van der Waals surface area contributed by atoms with E-state index in [1.165, 1.54) is 12.1 Å². The number of aliphatic hydroxyl groups is 1. The molecule has 0 aromatic heterocycles. The number of halogens is 1. The van der Waals surface area contributed by atoms with Crippen molar-refractivity contribution in [2.24, 2.45) is 5.41 Å². The van der Waals surface area contributed by atoms with Gasteiger partial charge in [-0.15, -0.1) is 0 Å². The molecule has 1 atom stereocenters. The maximum absolute atomic E-state index is 13.3. The minimum atomic E-state index is -0.657. The molecule has 0 amide bonds. The summed E-state index contributed by atoms with van der Waals surface area (Å²) in [5, 5.41) is 10.5. The zero-order valence-electron chi connectivity index (χ0n) is 10.4. The number of hydrogen-bond acceptors (Lipinski definition) is 2. The van der Waals surface area contributed by atoms with Crippen LogP contribution in [0, 0.1) is 11.2 Å². The van der Waals surface area contributed by atoms with Crippen LogP contribution in [0.5, 0.6) is 5.75 Å². The molecule has 0 radical (unpaired) electrons. The Balaban J connectivity index is 2.35. The van der Waals surface area contributed by atoms with Crippen molar-refractivity contribution >= 4 is 0 Å². The van der Waals surface area contributed by atoms with Crippen LogP contribution in [-0.2, 0) is 0 Å². The third-order valence-electron chi connectivity index (χ3n) is 3.89. The maximum atomic E-state index is 13.3. The maximum Gasteiger partial charge on any atom is 0.124 e. The van der Waals surface area contributed by atoms with Crippen LogP contribution in [0.2, 0.25) is 0 Å². The molecule has 0 spiro atoms. The quantitative estimate of drug-likeness (QED) is 0.874. The Morgan fingerprint density at radius 2 is 2.00 bits per heavy atom. The van der Waals surface area contributed by atoms with E-state index < -0.39 is 6.10 Å². The van der Waals surface area contributed by atoms with E-state index in [1.807, 2.05) is 0 Å². The number of methoxy groups -OCH3 is 1. The number of benzene rings is 1. The smallest absolute Gasteiger partial charge is 0.124 e. The van der Waals surface area contributed by atoms with Gasteiger partial charge in [-0.05, 0) is 36.5 Å². The highest BCUT2D eigenvalue weighted by molar-refractivity contribution is 5.36. The largest absolute Gasteiger partial charge is 0.496 e. The van der Waals surface area contributed by atoms with Gasteiger partial charge in [0.05, 0.1) is 13.2 Å². The van der Waals surface area contributed by atoms with E-state index in [1.54, 1.807) is 13.2 Å². The van der Waals surface area contributed by atoms with Gasteiger partial charge in [-0.25, -0.2) is 4.39 Å². The molecule has 94 valence electrons. The molecule has 17 heavy (non-hydrogen) atoms. The minimum absolute atomic E-state index is 0.152. The van der Waals surface area contributed by atoms with E-state index in [9.17, 15) is 9.50 Å². The summed E-state index contributed by atoms with van der Waals surface area (Å²) in [5.74, 6) is 0.230. The predicted molar refractivity (Wildman–Crippen MR) is 64.5 cm³/mol. The molecule has 0 saturated heterocycles. The Bertz CT molecular complexity index is 397. The average Bonchev–Trinajstić information content (AvgIpc) is 2.76. The lowest BCUT2D eigenvalue weighted by molar-refractivity contribution is 0.0386. The normalized spacial score (nSPS) is 20.2. The molecule has 2 rings (SSSR count). The van der Waals surface area contributed by atoms with Crippen molar-refractivity contribution in [1.29, 1.82) is 0 Å². The number of ether oxygens (including phenoxy) is 1. The van der Waals surface area contributed by atoms with Crippen molar-refractivity contribution < 1.29 is 14.2 Å². The fraction of sp³-hybridized carbons (Fsp3) is 0.571. The molecule has 1 N–H and O–H groups in total. The van der Waals surface area contributed by atoms with Gasteiger partial charge in [0.1, 0.15) is 11.6 Å². The highest BCUT2D eigenvalue weighted by Gasteiger charge is 2.38. The van der Waals surface area contributed by atoms with Gasteiger partial charge in [0, 0.05) is 5.56 Å². The Labute approximate surface area is 101 Å². The van der Waals surface area contributed by atoms with E-state index in [0.29, 0.717) is 11.3 Å². The van der Waals surface area contributed by atoms with E-state index in [4.69, 9.17) is 4.74 Å². The molecule has 1 aliphatic rings. The van der Waals surface area contributed by atoms with Crippen LogP contribution in [0.25, 0.3) is 0 Å². The molecule has 1 aromatic carbocycles. The second-order valence-electron chi connectivity index (χ2n) is 5.15. The van der Waals surface area contributed by atoms with Crippen molar-refractivity contribution in [3.63, 3.8) is 0 Å². The monoisotopic (exact) mass is 238 g/mol. The first-order valence-electron chi connectivity index (χ1n) is 6.08. The highest BCUT2D eigenvalue weighted by atomic mass is 19.1. The van der Waals surface area contributed by atoms with Crippen LogP contribution in [-0.4, -0.2) is 12.2 Å². The Hall–Kier alpha value is -1.09. The first-order valence-corrected chi connectivity index (χ1v) is 6.08. The molecule has 2 nitrogen and oxygen atoms in total. The summed E-state index contributed by atoms with van der Waals surface area (Å²) in [5.41, 5.74) is 0.415. The summed E-state index contributed by atoms with van der Waals surface area (Å²) >= 11 is 0. The molecule has 3 heteroatoms. The lowest BCUT2D eigenvalue weighted by Crippen LogP contribution is -2.22. The first kappa shape index (κ1) is 12.4. The molecule has 0 bridgehead atoms. The average molecular weight is 238 g/mol. The molecule has 0 aliphatic heterocycles. The second kappa shape index (κ2) is 4.65. The zero-order valence-corrected chi connectivity index (χ0v) is 10.4. The highest BCUT2D eigenvalue weighted by Crippen LogP contribution is 2.48. The predicted octanol–water partition coefficient (Wildman–Crippen LogP) is 3.45. The number of aliphatic hydroxyl groups excluding tert-OH is 1. The van der Waals surface area contributed by atoms with E-state index >= 15 is 0 Å². The van der Waals surface area contributed by atoms with Crippen LogP contribution < -0.4 is 4.74 Å². The fourth-order valence-corrected chi connectivity index (χ4v) is 2.75. The topological polar surface area (TPSA) is 29.5 Å². The van der Waals surface area contributed by atoms with Crippen LogP contribution in [0.1, 0.15) is 44.3 Å². The third-order valence-corrected chi connectivity index (χ3v) is 3.89. The van der Waals surface area contributed by atoms with Crippen LogP contribution in [0.15, 0.2) is 18.2 Å². The van der Waals surface area contributed by atoms with E-state index in [-0.39, 0.29) is 11.2 Å². The SMILES string of the molecule is COc1ccc(F)cc1C(O)C1(C)CCCC1. The molecule has 1 unspecified atom stereocenters. The second-order valence-corrected chi connectivity index (χ2v) is 5.15. The van der Waals surface area contributed by atoms with Gasteiger partial charge in [-0.3, -0.25) is 0 Å². The molecule has 1 fully saturated rings. The van der Waals surface area contributed by atoms with Crippen molar-refractivity contribution in [3.8, 4) is 5.75 Å². The van der Waals surface area contributed by atoms with Gasteiger partial charge in [0.2, 0.25) is 0 Å². The standard InChI is InChI=1S/C14H19FO2/c1-14(7-3-4-8-14)13(16)11-9-10(15)5-6-12(11)17-2/h5-6,9,13,16H,3-4,7-8H2,1-2H3. The molecule has 1 aromatic rings. The molecular weight excluding hydrogens is 219 g/mol. The van der Waals surface area contributed by atoms with Gasteiger partial charge in [0.25, 0.3) is 0 Å². The number of rotatable bonds is 3. The van der Waals surface area contributed by atoms with Gasteiger partial charge in [-0.2, -0.15) is 0 Å². The summed E-state index contributed by atoms with van der Waals surface area (Å²) in [4.78, 5) is 0. The van der Waals surface area contributed by atoms with Gasteiger partial charge < -0.3 is 9.84 Å². The van der Waals surface area contributed by atoms with Crippen LogP contribution in [0.3, 0.4) is 0 Å². The lowest BCUT2D eigenvalue weighted by Gasteiger charge is -2.31. The summed E-state index contributed by atoms with van der Waals surface area (Å²) in [6.07, 6.45) is 3.56. The Morgan fingerprint density at radius 3 is 2.59 bits per heavy atom. The molecular formula is C14H19FO2. The Kier molecular flexibility index (Phi) is 3.38. The Morgan fingerprint density at radius 1 is 1.35 bits per heavy atom. The molecule has 1 aliphatic carbocycles. The van der Waals surface area contributed by atoms with E-state index in [2.05, 4.69) is 6.92 Å². The summed E-state index contributed by atoms with van der Waals surface area (Å²) in [6, 6.07) is 4.31. The van der Waals surface area contributed by atoms with Crippen molar-refractivity contribution in [2.45, 2.75) is 38.7 Å². The first-order chi connectivity index (χ1) is 8.07. The van der Waals surface area contributed by atoms with Crippen molar-refractivity contribution in [3.05, 3.63) is 29.6 Å². The zero-order chi connectivity index (χ0) is 12.5. The van der Waals surface area contributed by atoms with E-state index in [0.717, 1.165) is 25.7 Å². The van der Waals surface area contributed by atoms with Gasteiger partial charge in [-0.1, -0.05) is 19.8 Å². The van der Waals surface area contributed by atoms with Crippen molar-refractivity contribution in [1.82, 2.24) is 0 Å².